The van der Waals surface area contributed by atoms with Crippen molar-refractivity contribution in [1.29, 1.82) is 0 Å². The Balaban J connectivity index is 1.82. The number of hydrogen-bond donors (Lipinski definition) is 0. The molecule has 0 N–H and O–H groups in total. The van der Waals surface area contributed by atoms with E-state index in [4.69, 9.17) is 16.3 Å². The molecular formula is C19H16ClNO3S. The van der Waals surface area contributed by atoms with Crippen LogP contribution in [0.2, 0.25) is 5.02 Å². The lowest BCUT2D eigenvalue weighted by Crippen LogP contribution is -2.27. The first kappa shape index (κ1) is 17.6. The lowest BCUT2D eigenvalue weighted by atomic mass is 10.1. The van der Waals surface area contributed by atoms with Crippen LogP contribution in [0.25, 0.3) is 6.08 Å². The summed E-state index contributed by atoms with van der Waals surface area (Å²) in [4.78, 5) is 26.5. The van der Waals surface area contributed by atoms with Crippen molar-refractivity contribution in [1.82, 2.24) is 4.90 Å². The van der Waals surface area contributed by atoms with Crippen LogP contribution < -0.4 is 4.74 Å². The SMILES string of the molecule is COc1ccc(/C=C2\SC(=O)N(Cc3ccc(Cl)cc3)C2=O)c(C)c1. The number of rotatable bonds is 4. The zero-order valence-corrected chi connectivity index (χ0v) is 15.4. The smallest absolute Gasteiger partial charge is 0.293 e. The number of benzene rings is 2. The van der Waals surface area contributed by atoms with Crippen molar-refractivity contribution in [3.63, 3.8) is 0 Å². The Morgan fingerprint density at radius 1 is 1.16 bits per heavy atom. The molecule has 1 saturated heterocycles. The van der Waals surface area contributed by atoms with Gasteiger partial charge in [0, 0.05) is 5.02 Å². The molecule has 1 heterocycles. The number of carbonyl (C=O) groups excluding carboxylic acids is 2. The standard InChI is InChI=1S/C19H16ClNO3S/c1-12-9-16(24-2)8-5-14(12)10-17-18(22)21(19(23)25-17)11-13-3-6-15(20)7-4-13/h3-10H,11H2,1-2H3/b17-10-. The Morgan fingerprint density at radius 3 is 2.52 bits per heavy atom. The Bertz CT molecular complexity index is 861. The molecule has 0 atom stereocenters. The number of thioether (sulfide) groups is 1. The van der Waals surface area contributed by atoms with Crippen molar-refractivity contribution in [2.75, 3.05) is 7.11 Å². The highest BCUT2D eigenvalue weighted by molar-refractivity contribution is 8.18. The molecule has 0 bridgehead atoms. The number of carbonyl (C=O) groups is 2. The summed E-state index contributed by atoms with van der Waals surface area (Å²) in [6, 6.07) is 12.7. The first-order valence-electron chi connectivity index (χ1n) is 7.62. The van der Waals surface area contributed by atoms with Gasteiger partial charge < -0.3 is 4.74 Å². The highest BCUT2D eigenvalue weighted by Gasteiger charge is 2.35. The zero-order chi connectivity index (χ0) is 18.0. The van der Waals surface area contributed by atoms with Gasteiger partial charge in [-0.05, 0) is 65.7 Å². The van der Waals surface area contributed by atoms with Crippen LogP contribution in [0.15, 0.2) is 47.4 Å². The number of nitrogens with zero attached hydrogens (tertiary/aromatic N) is 1. The van der Waals surface area contributed by atoms with Gasteiger partial charge in [-0.2, -0.15) is 0 Å². The van der Waals surface area contributed by atoms with Gasteiger partial charge in [-0.25, -0.2) is 0 Å². The van der Waals surface area contributed by atoms with E-state index in [0.29, 0.717) is 9.93 Å². The second-order valence-electron chi connectivity index (χ2n) is 5.62. The molecule has 2 aromatic rings. The minimum absolute atomic E-state index is 0.237. The van der Waals surface area contributed by atoms with Crippen molar-refractivity contribution >= 4 is 40.6 Å². The minimum Gasteiger partial charge on any atom is -0.497 e. The lowest BCUT2D eigenvalue weighted by molar-refractivity contribution is -0.123. The molecule has 2 aromatic carbocycles. The van der Waals surface area contributed by atoms with E-state index in [1.54, 1.807) is 25.3 Å². The maximum Gasteiger partial charge on any atom is 0.293 e. The van der Waals surface area contributed by atoms with E-state index >= 15 is 0 Å². The summed E-state index contributed by atoms with van der Waals surface area (Å²) in [6.07, 6.45) is 1.75. The first-order valence-corrected chi connectivity index (χ1v) is 8.82. The molecule has 25 heavy (non-hydrogen) atoms. The molecule has 0 unspecified atom stereocenters. The third-order valence-electron chi connectivity index (χ3n) is 3.89. The summed E-state index contributed by atoms with van der Waals surface area (Å²) in [6.45, 7) is 2.17. The highest BCUT2D eigenvalue weighted by atomic mass is 35.5. The molecule has 3 rings (SSSR count). The zero-order valence-electron chi connectivity index (χ0n) is 13.8. The maximum atomic E-state index is 12.6. The molecule has 128 valence electrons. The van der Waals surface area contributed by atoms with E-state index in [2.05, 4.69) is 0 Å². The van der Waals surface area contributed by atoms with Gasteiger partial charge >= 0.3 is 0 Å². The summed E-state index contributed by atoms with van der Waals surface area (Å²) in [5.41, 5.74) is 2.72. The normalized spacial score (nSPS) is 16.0. The van der Waals surface area contributed by atoms with Crippen LogP contribution in [0.4, 0.5) is 4.79 Å². The van der Waals surface area contributed by atoms with Crippen LogP contribution in [-0.2, 0) is 11.3 Å². The molecule has 0 spiro atoms. The molecule has 6 heteroatoms. The molecule has 1 fully saturated rings. The fourth-order valence-corrected chi connectivity index (χ4v) is 3.44. The van der Waals surface area contributed by atoms with Gasteiger partial charge in [-0.3, -0.25) is 14.5 Å². The van der Waals surface area contributed by atoms with Gasteiger partial charge in [-0.15, -0.1) is 0 Å². The van der Waals surface area contributed by atoms with Crippen LogP contribution in [0.1, 0.15) is 16.7 Å². The van der Waals surface area contributed by atoms with Crippen LogP contribution >= 0.6 is 23.4 Å². The molecule has 0 radical (unpaired) electrons. The monoisotopic (exact) mass is 373 g/mol. The van der Waals surface area contributed by atoms with Crippen LogP contribution in [-0.4, -0.2) is 23.2 Å². The van der Waals surface area contributed by atoms with Crippen molar-refractivity contribution in [3.8, 4) is 5.75 Å². The van der Waals surface area contributed by atoms with E-state index in [1.807, 2.05) is 37.3 Å². The van der Waals surface area contributed by atoms with Crippen LogP contribution in [0.5, 0.6) is 5.75 Å². The van der Waals surface area contributed by atoms with Gasteiger partial charge in [-0.1, -0.05) is 29.8 Å². The molecule has 0 saturated carbocycles. The Kier molecular flexibility index (Phi) is 5.16. The highest BCUT2D eigenvalue weighted by Crippen LogP contribution is 2.34. The number of aryl methyl sites for hydroxylation is 1. The predicted octanol–water partition coefficient (Wildman–Crippen LogP) is 4.89. The summed E-state index contributed by atoms with van der Waals surface area (Å²) >= 11 is 6.82. The third-order valence-corrected chi connectivity index (χ3v) is 5.05. The Hall–Kier alpha value is -2.24. The lowest BCUT2D eigenvalue weighted by Gasteiger charge is -2.12. The predicted molar refractivity (Wildman–Crippen MR) is 101 cm³/mol. The molecule has 1 aliphatic rings. The average Bonchev–Trinajstić information content (AvgIpc) is 2.86. The summed E-state index contributed by atoms with van der Waals surface area (Å²) < 4.78 is 5.19. The average molecular weight is 374 g/mol. The Morgan fingerprint density at radius 2 is 1.88 bits per heavy atom. The van der Waals surface area contributed by atoms with E-state index in [1.165, 1.54) is 4.90 Å². The number of hydrogen-bond acceptors (Lipinski definition) is 4. The van der Waals surface area contributed by atoms with Gasteiger partial charge in [0.2, 0.25) is 0 Å². The van der Waals surface area contributed by atoms with Crippen LogP contribution in [0, 0.1) is 6.92 Å². The molecule has 0 aromatic heterocycles. The number of amides is 2. The summed E-state index contributed by atoms with van der Waals surface area (Å²) in [7, 11) is 1.61. The third kappa shape index (κ3) is 3.89. The molecule has 4 nitrogen and oxygen atoms in total. The minimum atomic E-state index is -0.278. The molecule has 1 aliphatic heterocycles. The Labute approximate surface area is 155 Å². The van der Waals surface area contributed by atoms with Crippen LogP contribution in [0.3, 0.4) is 0 Å². The fourth-order valence-electron chi connectivity index (χ4n) is 2.49. The molecular weight excluding hydrogens is 358 g/mol. The maximum absolute atomic E-state index is 12.6. The number of ether oxygens (including phenoxy) is 1. The van der Waals surface area contributed by atoms with Gasteiger partial charge in [0.25, 0.3) is 11.1 Å². The number of imide groups is 1. The van der Waals surface area contributed by atoms with Gasteiger partial charge in [0.15, 0.2) is 0 Å². The van der Waals surface area contributed by atoms with Crippen molar-refractivity contribution in [3.05, 3.63) is 69.1 Å². The van der Waals surface area contributed by atoms with Crippen molar-refractivity contribution in [2.45, 2.75) is 13.5 Å². The van der Waals surface area contributed by atoms with E-state index in [9.17, 15) is 9.59 Å². The molecule has 0 aliphatic carbocycles. The van der Waals surface area contributed by atoms with E-state index in [-0.39, 0.29) is 17.7 Å². The summed E-state index contributed by atoms with van der Waals surface area (Å²) in [5.74, 6) is 0.477. The fraction of sp³-hybridized carbons (Fsp3) is 0.158. The van der Waals surface area contributed by atoms with E-state index < -0.39 is 0 Å². The van der Waals surface area contributed by atoms with Gasteiger partial charge in [0.05, 0.1) is 18.6 Å². The quantitative estimate of drug-likeness (QED) is 0.715. The second kappa shape index (κ2) is 7.33. The first-order chi connectivity index (χ1) is 12.0. The van der Waals surface area contributed by atoms with Crippen molar-refractivity contribution < 1.29 is 14.3 Å². The van der Waals surface area contributed by atoms with Gasteiger partial charge in [0.1, 0.15) is 5.75 Å². The topological polar surface area (TPSA) is 46.6 Å². The van der Waals surface area contributed by atoms with E-state index in [0.717, 1.165) is 34.2 Å². The number of methoxy groups -OCH3 is 1. The molecule has 2 amide bonds. The number of halogens is 1. The van der Waals surface area contributed by atoms with Crippen molar-refractivity contribution in [2.24, 2.45) is 0 Å². The largest absolute Gasteiger partial charge is 0.497 e. The summed E-state index contributed by atoms with van der Waals surface area (Å²) in [5, 5.41) is 0.352. The second-order valence-corrected chi connectivity index (χ2v) is 7.05.